The predicted octanol–water partition coefficient (Wildman–Crippen LogP) is 2.21. The average Bonchev–Trinajstić information content (AvgIpc) is 3.31. The molecule has 0 aliphatic heterocycles. The summed E-state index contributed by atoms with van der Waals surface area (Å²) in [6, 6.07) is 9.68. The Balaban J connectivity index is 1.38. The van der Waals surface area contributed by atoms with Crippen LogP contribution in [0.2, 0.25) is 0 Å². The SMILES string of the molecule is CC(NC(=O)C1C2CCC(C2)C1N)c1noc(Cc2ccccc2)n1. The van der Waals surface area contributed by atoms with Gasteiger partial charge in [-0.15, -0.1) is 0 Å². The fourth-order valence-corrected chi connectivity index (χ4v) is 4.39. The van der Waals surface area contributed by atoms with Crippen LogP contribution in [-0.2, 0) is 11.2 Å². The molecule has 1 aromatic heterocycles. The lowest BCUT2D eigenvalue weighted by Crippen LogP contribution is -2.45. The number of hydrogen-bond acceptors (Lipinski definition) is 5. The van der Waals surface area contributed by atoms with Gasteiger partial charge in [-0.2, -0.15) is 4.98 Å². The maximum Gasteiger partial charge on any atom is 0.231 e. The van der Waals surface area contributed by atoms with Crippen molar-refractivity contribution in [1.82, 2.24) is 15.5 Å². The highest BCUT2D eigenvalue weighted by Crippen LogP contribution is 2.47. The van der Waals surface area contributed by atoms with Gasteiger partial charge in [-0.05, 0) is 43.6 Å². The van der Waals surface area contributed by atoms with Gasteiger partial charge < -0.3 is 15.6 Å². The van der Waals surface area contributed by atoms with Crippen LogP contribution in [0.1, 0.15) is 49.5 Å². The highest BCUT2D eigenvalue weighted by atomic mass is 16.5. The fraction of sp³-hybridized carbons (Fsp3) is 0.526. The van der Waals surface area contributed by atoms with Crippen molar-refractivity contribution in [3.05, 3.63) is 47.6 Å². The molecular formula is C19H24N4O2. The number of carbonyl (C=O) groups excluding carboxylic acids is 1. The first kappa shape index (κ1) is 16.3. The number of hydrogen-bond donors (Lipinski definition) is 2. The monoisotopic (exact) mass is 340 g/mol. The van der Waals surface area contributed by atoms with Gasteiger partial charge in [0.05, 0.1) is 18.4 Å². The third kappa shape index (κ3) is 3.18. The Bertz CT molecular complexity index is 743. The summed E-state index contributed by atoms with van der Waals surface area (Å²) in [6.45, 7) is 1.88. The van der Waals surface area contributed by atoms with Crippen molar-refractivity contribution in [3.63, 3.8) is 0 Å². The summed E-state index contributed by atoms with van der Waals surface area (Å²) < 4.78 is 5.33. The van der Waals surface area contributed by atoms with Crippen molar-refractivity contribution < 1.29 is 9.32 Å². The molecule has 3 N–H and O–H groups in total. The zero-order valence-corrected chi connectivity index (χ0v) is 14.4. The van der Waals surface area contributed by atoms with Crippen LogP contribution in [0.4, 0.5) is 0 Å². The van der Waals surface area contributed by atoms with E-state index >= 15 is 0 Å². The number of nitrogens with one attached hydrogen (secondary N) is 1. The number of carbonyl (C=O) groups is 1. The number of rotatable bonds is 5. The topological polar surface area (TPSA) is 94.0 Å². The lowest BCUT2D eigenvalue weighted by atomic mass is 9.84. The van der Waals surface area contributed by atoms with Crippen LogP contribution in [0.15, 0.2) is 34.9 Å². The van der Waals surface area contributed by atoms with Gasteiger partial charge in [0.25, 0.3) is 0 Å². The van der Waals surface area contributed by atoms with E-state index in [0.29, 0.717) is 30.0 Å². The Labute approximate surface area is 147 Å². The number of benzene rings is 1. The molecule has 25 heavy (non-hydrogen) atoms. The van der Waals surface area contributed by atoms with Crippen LogP contribution >= 0.6 is 0 Å². The van der Waals surface area contributed by atoms with Gasteiger partial charge >= 0.3 is 0 Å². The maximum absolute atomic E-state index is 12.6. The van der Waals surface area contributed by atoms with Crippen LogP contribution in [0.3, 0.4) is 0 Å². The third-order valence-electron chi connectivity index (χ3n) is 5.71. The van der Waals surface area contributed by atoms with Crippen molar-refractivity contribution in [3.8, 4) is 0 Å². The number of amides is 1. The molecule has 1 aromatic carbocycles. The van der Waals surface area contributed by atoms with E-state index in [4.69, 9.17) is 10.3 Å². The summed E-state index contributed by atoms with van der Waals surface area (Å²) in [5, 5.41) is 7.05. The molecule has 2 saturated carbocycles. The zero-order chi connectivity index (χ0) is 17.4. The molecule has 5 unspecified atom stereocenters. The Hall–Kier alpha value is -2.21. The van der Waals surface area contributed by atoms with E-state index in [2.05, 4.69) is 15.5 Å². The minimum Gasteiger partial charge on any atom is -0.346 e. The van der Waals surface area contributed by atoms with Gasteiger partial charge in [-0.3, -0.25) is 4.79 Å². The van der Waals surface area contributed by atoms with Crippen molar-refractivity contribution in [1.29, 1.82) is 0 Å². The normalized spacial score (nSPS) is 28.9. The first-order valence-electron chi connectivity index (χ1n) is 9.04. The average molecular weight is 340 g/mol. The summed E-state index contributed by atoms with van der Waals surface area (Å²) in [7, 11) is 0. The molecule has 0 spiro atoms. The van der Waals surface area contributed by atoms with Crippen LogP contribution in [0.25, 0.3) is 0 Å². The van der Waals surface area contributed by atoms with E-state index in [1.54, 1.807) is 0 Å². The Morgan fingerprint density at radius 2 is 2.08 bits per heavy atom. The lowest BCUT2D eigenvalue weighted by Gasteiger charge is -2.27. The number of nitrogens with two attached hydrogens (primary N) is 1. The van der Waals surface area contributed by atoms with E-state index in [-0.39, 0.29) is 23.9 Å². The second-order valence-electron chi connectivity index (χ2n) is 7.38. The van der Waals surface area contributed by atoms with Crippen molar-refractivity contribution in [2.45, 2.75) is 44.7 Å². The number of fused-ring (bicyclic) bond motifs is 2. The molecule has 2 aromatic rings. The van der Waals surface area contributed by atoms with Crippen molar-refractivity contribution in [2.75, 3.05) is 0 Å². The molecule has 6 nitrogen and oxygen atoms in total. The summed E-state index contributed by atoms with van der Waals surface area (Å²) in [4.78, 5) is 17.1. The van der Waals surface area contributed by atoms with Crippen LogP contribution in [0, 0.1) is 17.8 Å². The quantitative estimate of drug-likeness (QED) is 0.870. The predicted molar refractivity (Wildman–Crippen MR) is 92.4 cm³/mol. The Morgan fingerprint density at radius 3 is 2.80 bits per heavy atom. The molecule has 0 saturated heterocycles. The highest BCUT2D eigenvalue weighted by molar-refractivity contribution is 5.80. The summed E-state index contributed by atoms with van der Waals surface area (Å²) >= 11 is 0. The smallest absolute Gasteiger partial charge is 0.231 e. The van der Waals surface area contributed by atoms with Gasteiger partial charge in [-0.1, -0.05) is 35.5 Å². The minimum atomic E-state index is -0.285. The molecule has 4 rings (SSSR count). The molecule has 2 bridgehead atoms. The first-order chi connectivity index (χ1) is 12.1. The van der Waals surface area contributed by atoms with Gasteiger partial charge in [0.2, 0.25) is 11.8 Å². The van der Waals surface area contributed by atoms with Crippen LogP contribution in [0.5, 0.6) is 0 Å². The standard InChI is InChI=1S/C19H24N4O2/c1-11(21-19(24)16-13-7-8-14(10-13)17(16)20)18-22-15(25-23-18)9-12-5-3-2-4-6-12/h2-6,11,13-14,16-17H,7-10,20H2,1H3,(H,21,24). The largest absolute Gasteiger partial charge is 0.346 e. The van der Waals surface area contributed by atoms with E-state index < -0.39 is 0 Å². The second kappa shape index (κ2) is 6.59. The minimum absolute atomic E-state index is 0.00939. The van der Waals surface area contributed by atoms with E-state index in [9.17, 15) is 4.79 Å². The van der Waals surface area contributed by atoms with Crippen molar-refractivity contribution in [2.24, 2.45) is 23.5 Å². The zero-order valence-electron chi connectivity index (χ0n) is 14.4. The van der Waals surface area contributed by atoms with Gasteiger partial charge in [0, 0.05) is 6.04 Å². The van der Waals surface area contributed by atoms with Crippen LogP contribution in [-0.4, -0.2) is 22.1 Å². The lowest BCUT2D eigenvalue weighted by molar-refractivity contribution is -0.127. The van der Waals surface area contributed by atoms with Crippen LogP contribution < -0.4 is 11.1 Å². The molecule has 6 heteroatoms. The van der Waals surface area contributed by atoms with Gasteiger partial charge in [0.1, 0.15) is 0 Å². The maximum atomic E-state index is 12.6. The third-order valence-corrected chi connectivity index (χ3v) is 5.71. The van der Waals surface area contributed by atoms with E-state index in [1.165, 1.54) is 6.42 Å². The molecule has 2 fully saturated rings. The molecular weight excluding hydrogens is 316 g/mol. The van der Waals surface area contributed by atoms with E-state index in [0.717, 1.165) is 18.4 Å². The molecule has 5 atom stereocenters. The fourth-order valence-electron chi connectivity index (χ4n) is 4.39. The molecule has 1 heterocycles. The number of aromatic nitrogens is 2. The molecule has 2 aliphatic carbocycles. The van der Waals surface area contributed by atoms with Gasteiger partial charge in [0.15, 0.2) is 5.82 Å². The number of nitrogens with zero attached hydrogens (tertiary/aromatic N) is 2. The highest BCUT2D eigenvalue weighted by Gasteiger charge is 2.49. The first-order valence-corrected chi connectivity index (χ1v) is 9.04. The Morgan fingerprint density at radius 1 is 1.32 bits per heavy atom. The summed E-state index contributed by atoms with van der Waals surface area (Å²) in [5.41, 5.74) is 7.37. The van der Waals surface area contributed by atoms with E-state index in [1.807, 2.05) is 37.3 Å². The summed E-state index contributed by atoms with van der Waals surface area (Å²) in [6.07, 6.45) is 3.97. The Kier molecular flexibility index (Phi) is 4.29. The molecule has 1 amide bonds. The molecule has 0 radical (unpaired) electrons. The summed E-state index contributed by atoms with van der Waals surface area (Å²) in [5.74, 6) is 1.97. The second-order valence-corrected chi connectivity index (χ2v) is 7.38. The van der Waals surface area contributed by atoms with Gasteiger partial charge in [-0.25, -0.2) is 0 Å². The molecule has 132 valence electrons. The molecule has 2 aliphatic rings. The van der Waals surface area contributed by atoms with Crippen molar-refractivity contribution >= 4 is 5.91 Å².